The van der Waals surface area contributed by atoms with Gasteiger partial charge in [0.2, 0.25) is 0 Å². The van der Waals surface area contributed by atoms with Crippen molar-refractivity contribution < 1.29 is 29.7 Å². The van der Waals surface area contributed by atoms with Gasteiger partial charge in [-0.2, -0.15) is 0 Å². The number of rotatable bonds is 3. The Morgan fingerprint density at radius 1 is 1.67 bits per heavy atom. The van der Waals surface area contributed by atoms with Crippen LogP contribution in [-0.2, 0) is 24.6 Å². The van der Waals surface area contributed by atoms with Gasteiger partial charge >= 0.3 is 51.1 Å². The van der Waals surface area contributed by atoms with Crippen LogP contribution < -0.4 is 0 Å². The Balaban J connectivity index is 2.34. The molecule has 1 nitrogen and oxygen atoms in total. The molecule has 0 aliphatic rings. The third-order valence-corrected chi connectivity index (χ3v) is 5.45. The Morgan fingerprint density at radius 2 is 2.33 bits per heavy atom. The number of hydrogen-bond acceptors (Lipinski definition) is 1. The zero-order valence-electron chi connectivity index (χ0n) is 4.28. The van der Waals surface area contributed by atoms with Crippen molar-refractivity contribution in [3.63, 3.8) is 0 Å². The summed E-state index contributed by atoms with van der Waals surface area (Å²) in [5.74, 6) is 0. The minimum atomic E-state index is -0.328. The molecule has 0 atom stereocenters. The molecular formula is C4H10HgO. The first-order valence-corrected chi connectivity index (χ1v) is 11.9. The minimum absolute atomic E-state index is 0.328. The van der Waals surface area contributed by atoms with Gasteiger partial charge in [0.15, 0.2) is 0 Å². The van der Waals surface area contributed by atoms with Crippen molar-refractivity contribution >= 4 is 0 Å². The molecular weight excluding hydrogens is 265 g/mol. The second kappa shape index (κ2) is 5.90. The van der Waals surface area contributed by atoms with Crippen molar-refractivity contribution in [2.45, 2.75) is 14.8 Å². The average molecular weight is 275 g/mol. The van der Waals surface area contributed by atoms with Crippen LogP contribution in [0.4, 0.5) is 0 Å². The zero-order valence-corrected chi connectivity index (χ0v) is 9.77. The molecule has 0 unspecified atom stereocenters. The van der Waals surface area contributed by atoms with Gasteiger partial charge in [-0.05, 0) is 0 Å². The van der Waals surface area contributed by atoms with Gasteiger partial charge in [-0.1, -0.05) is 0 Å². The molecule has 0 aromatic rings. The number of aliphatic hydroxyl groups is 1. The standard InChI is InChI=1S/C3H7O.CH3.Hg/c1-2-3-4;;/h4H,1-3H2;1H3;. The van der Waals surface area contributed by atoms with Crippen LogP contribution in [0.1, 0.15) is 6.42 Å². The Kier molecular flexibility index (Phi) is 6.77. The first-order chi connectivity index (χ1) is 2.91. The van der Waals surface area contributed by atoms with Gasteiger partial charge in [-0.15, -0.1) is 0 Å². The fourth-order valence-corrected chi connectivity index (χ4v) is 3.17. The van der Waals surface area contributed by atoms with Crippen molar-refractivity contribution in [3.8, 4) is 0 Å². The predicted molar refractivity (Wildman–Crippen MR) is 22.4 cm³/mol. The van der Waals surface area contributed by atoms with Crippen LogP contribution in [0.15, 0.2) is 0 Å². The van der Waals surface area contributed by atoms with Crippen LogP contribution in [0, 0.1) is 0 Å². The fourth-order valence-electron chi connectivity index (χ4n) is 0.362. The molecule has 0 aromatic heterocycles. The van der Waals surface area contributed by atoms with Crippen molar-refractivity contribution in [1.29, 1.82) is 0 Å². The van der Waals surface area contributed by atoms with Crippen LogP contribution in [0.3, 0.4) is 0 Å². The van der Waals surface area contributed by atoms with E-state index in [-0.39, 0.29) is 24.6 Å². The van der Waals surface area contributed by atoms with E-state index in [9.17, 15) is 0 Å². The summed E-state index contributed by atoms with van der Waals surface area (Å²) in [7, 11) is 0. The summed E-state index contributed by atoms with van der Waals surface area (Å²) < 4.78 is 3.73. The van der Waals surface area contributed by atoms with E-state index in [0.29, 0.717) is 6.61 Å². The van der Waals surface area contributed by atoms with Crippen molar-refractivity contribution in [2.75, 3.05) is 6.61 Å². The molecule has 0 heterocycles. The summed E-state index contributed by atoms with van der Waals surface area (Å²) in [5, 5.41) is 8.23. The third-order valence-electron chi connectivity index (χ3n) is 0.762. The average Bonchev–Trinajstić information content (AvgIpc) is 1.61. The van der Waals surface area contributed by atoms with Crippen LogP contribution in [0.5, 0.6) is 0 Å². The molecule has 1 N–H and O–H groups in total. The molecule has 0 amide bonds. The maximum atomic E-state index is 8.23. The second-order valence-corrected chi connectivity index (χ2v) is 8.07. The van der Waals surface area contributed by atoms with E-state index in [2.05, 4.69) is 4.43 Å². The summed E-state index contributed by atoms with van der Waals surface area (Å²) in [4.78, 5) is 0. The Hall–Kier alpha value is 0.895. The Bertz CT molecular complexity index is 19.5. The van der Waals surface area contributed by atoms with Crippen LogP contribution in [0.2, 0.25) is 8.36 Å². The summed E-state index contributed by atoms with van der Waals surface area (Å²) >= 11 is -0.328. The van der Waals surface area contributed by atoms with Crippen LogP contribution >= 0.6 is 0 Å². The third kappa shape index (κ3) is 4.90. The Labute approximate surface area is 51.2 Å². The summed E-state index contributed by atoms with van der Waals surface area (Å²) in [6, 6.07) is 0. The van der Waals surface area contributed by atoms with E-state index < -0.39 is 0 Å². The first-order valence-electron chi connectivity index (χ1n) is 2.52. The molecule has 34 valence electrons. The predicted octanol–water partition coefficient (Wildman–Crippen LogP) is 0.918. The second-order valence-electron chi connectivity index (χ2n) is 1.43. The fraction of sp³-hybridized carbons (Fsp3) is 1.00. The van der Waals surface area contributed by atoms with Gasteiger partial charge < -0.3 is 0 Å². The maximum absolute atomic E-state index is 8.23. The first kappa shape index (κ1) is 6.90. The molecule has 0 radical (unpaired) electrons. The Morgan fingerprint density at radius 3 is 2.50 bits per heavy atom. The van der Waals surface area contributed by atoms with Crippen LogP contribution in [0.25, 0.3) is 0 Å². The van der Waals surface area contributed by atoms with Gasteiger partial charge in [0, 0.05) is 0 Å². The molecule has 0 aliphatic heterocycles. The SMILES string of the molecule is [CH3][Hg][CH2]CCO. The molecule has 0 bridgehead atoms. The van der Waals surface area contributed by atoms with Gasteiger partial charge in [0.05, 0.1) is 0 Å². The monoisotopic (exact) mass is 276 g/mol. The molecule has 2 heteroatoms. The van der Waals surface area contributed by atoms with E-state index in [0.717, 1.165) is 6.42 Å². The molecule has 0 aromatic carbocycles. The van der Waals surface area contributed by atoms with Gasteiger partial charge in [-0.3, -0.25) is 0 Å². The molecule has 0 aliphatic carbocycles. The van der Waals surface area contributed by atoms with E-state index in [1.807, 2.05) is 0 Å². The van der Waals surface area contributed by atoms with Crippen molar-refractivity contribution in [2.24, 2.45) is 0 Å². The number of hydrogen-bond donors (Lipinski definition) is 1. The number of aliphatic hydroxyl groups excluding tert-OH is 1. The summed E-state index contributed by atoms with van der Waals surface area (Å²) in [6.45, 7) is 0.411. The molecule has 0 rings (SSSR count). The van der Waals surface area contributed by atoms with E-state index >= 15 is 0 Å². The molecule has 0 spiro atoms. The van der Waals surface area contributed by atoms with Gasteiger partial charge in [0.1, 0.15) is 0 Å². The normalized spacial score (nSPS) is 7.67. The van der Waals surface area contributed by atoms with Gasteiger partial charge in [-0.25, -0.2) is 0 Å². The van der Waals surface area contributed by atoms with Crippen LogP contribution in [-0.4, -0.2) is 11.7 Å². The van der Waals surface area contributed by atoms with E-state index in [1.54, 1.807) is 0 Å². The van der Waals surface area contributed by atoms with Crippen molar-refractivity contribution in [1.82, 2.24) is 0 Å². The summed E-state index contributed by atoms with van der Waals surface area (Å²) in [6.07, 6.45) is 1.07. The topological polar surface area (TPSA) is 20.2 Å². The zero-order chi connectivity index (χ0) is 4.83. The van der Waals surface area contributed by atoms with E-state index in [4.69, 9.17) is 5.11 Å². The van der Waals surface area contributed by atoms with E-state index in [1.165, 1.54) is 3.93 Å². The molecule has 0 fully saturated rings. The van der Waals surface area contributed by atoms with Gasteiger partial charge in [0.25, 0.3) is 0 Å². The summed E-state index contributed by atoms with van der Waals surface area (Å²) in [5.41, 5.74) is 0. The van der Waals surface area contributed by atoms with Crippen molar-refractivity contribution in [3.05, 3.63) is 0 Å². The molecule has 6 heavy (non-hydrogen) atoms. The molecule has 0 saturated heterocycles. The quantitative estimate of drug-likeness (QED) is 0.599. The molecule has 0 saturated carbocycles.